The Hall–Kier alpha value is -0.540. The highest BCUT2D eigenvalue weighted by molar-refractivity contribution is 6.31. The molecule has 84 valence electrons. The third-order valence-electron chi connectivity index (χ3n) is 3.29. The van der Waals surface area contributed by atoms with Crippen molar-refractivity contribution in [3.8, 4) is 0 Å². The largest absolute Gasteiger partial charge is 0.306 e. The minimum Gasteiger partial charge on any atom is -0.306 e. The van der Waals surface area contributed by atoms with Crippen LogP contribution in [0.5, 0.6) is 0 Å². The fourth-order valence-electron chi connectivity index (χ4n) is 2.47. The molecule has 1 saturated heterocycles. The summed E-state index contributed by atoms with van der Waals surface area (Å²) in [5, 5.41) is 8.58. The number of nitrogens with zero attached hydrogens (tertiary/aromatic N) is 2. The molecule has 4 heteroatoms. The van der Waals surface area contributed by atoms with Crippen molar-refractivity contribution in [2.24, 2.45) is 7.05 Å². The van der Waals surface area contributed by atoms with E-state index in [2.05, 4.69) is 17.3 Å². The highest BCUT2D eigenvalue weighted by Crippen LogP contribution is 2.33. The molecule has 1 aliphatic rings. The molecule has 1 aliphatic heterocycles. The number of rotatable bonds is 1. The molecule has 1 aromatic rings. The zero-order valence-electron chi connectivity index (χ0n) is 9.39. The molecule has 15 heavy (non-hydrogen) atoms. The molecule has 0 aliphatic carbocycles. The molecule has 0 bridgehead atoms. The van der Waals surface area contributed by atoms with Gasteiger partial charge in [0.2, 0.25) is 0 Å². The van der Waals surface area contributed by atoms with Gasteiger partial charge >= 0.3 is 0 Å². The van der Waals surface area contributed by atoms with E-state index in [1.807, 2.05) is 11.7 Å². The molecule has 3 nitrogen and oxygen atoms in total. The third-order valence-corrected chi connectivity index (χ3v) is 3.56. The molecular formula is C11H18ClN3. The number of hydrogen-bond acceptors (Lipinski definition) is 2. The molecule has 2 rings (SSSR count). The van der Waals surface area contributed by atoms with Gasteiger partial charge in [-0.1, -0.05) is 24.4 Å². The Labute approximate surface area is 95.8 Å². The number of hydrogen-bond donors (Lipinski definition) is 1. The second-order valence-corrected chi connectivity index (χ2v) is 4.94. The molecule has 1 aromatic heterocycles. The number of halogens is 1. The van der Waals surface area contributed by atoms with Crippen molar-refractivity contribution in [3.63, 3.8) is 0 Å². The Morgan fingerprint density at radius 1 is 1.47 bits per heavy atom. The molecule has 2 heterocycles. The first kappa shape index (κ1) is 11.0. The average Bonchev–Trinajstić information content (AvgIpc) is 2.40. The van der Waals surface area contributed by atoms with Gasteiger partial charge in [-0.3, -0.25) is 4.68 Å². The summed E-state index contributed by atoms with van der Waals surface area (Å²) in [6, 6.07) is 0. The summed E-state index contributed by atoms with van der Waals surface area (Å²) >= 11 is 6.20. The molecule has 0 saturated carbocycles. The number of nitrogens with one attached hydrogen (secondary N) is 1. The zero-order chi connectivity index (χ0) is 10.9. The Morgan fingerprint density at radius 2 is 2.27 bits per heavy atom. The van der Waals surface area contributed by atoms with Gasteiger partial charge in [0.05, 0.1) is 22.5 Å². The van der Waals surface area contributed by atoms with E-state index in [1.165, 1.54) is 19.3 Å². The molecule has 1 unspecified atom stereocenters. The van der Waals surface area contributed by atoms with Crippen molar-refractivity contribution in [3.05, 3.63) is 16.9 Å². The summed E-state index contributed by atoms with van der Waals surface area (Å²) < 4.78 is 1.89. The normalized spacial score (nSPS) is 27.7. The van der Waals surface area contributed by atoms with Gasteiger partial charge in [-0.25, -0.2) is 0 Å². The van der Waals surface area contributed by atoms with Crippen LogP contribution in [-0.4, -0.2) is 16.3 Å². The Bertz CT molecular complexity index is 318. The lowest BCUT2D eigenvalue weighted by Crippen LogP contribution is -2.40. The van der Waals surface area contributed by atoms with Gasteiger partial charge in [0, 0.05) is 7.05 Å². The van der Waals surface area contributed by atoms with Crippen molar-refractivity contribution in [1.29, 1.82) is 0 Å². The summed E-state index contributed by atoms with van der Waals surface area (Å²) in [4.78, 5) is 0. The van der Waals surface area contributed by atoms with Gasteiger partial charge in [-0.15, -0.1) is 0 Å². The number of aryl methyl sites for hydroxylation is 1. The maximum atomic E-state index is 6.20. The van der Waals surface area contributed by atoms with Crippen LogP contribution >= 0.6 is 11.6 Å². The first-order chi connectivity index (χ1) is 7.13. The van der Waals surface area contributed by atoms with E-state index >= 15 is 0 Å². The van der Waals surface area contributed by atoms with Crippen molar-refractivity contribution < 1.29 is 0 Å². The van der Waals surface area contributed by atoms with Gasteiger partial charge in [-0.2, -0.15) is 5.10 Å². The molecule has 0 radical (unpaired) electrons. The molecule has 0 amide bonds. The van der Waals surface area contributed by atoms with E-state index < -0.39 is 0 Å². The van der Waals surface area contributed by atoms with Crippen LogP contribution in [0.15, 0.2) is 6.20 Å². The lowest BCUT2D eigenvalue weighted by molar-refractivity contribution is 0.336. The van der Waals surface area contributed by atoms with Crippen LogP contribution in [-0.2, 0) is 12.6 Å². The van der Waals surface area contributed by atoms with Crippen LogP contribution in [0.25, 0.3) is 0 Å². The lowest BCUT2D eigenvalue weighted by Gasteiger charge is -2.30. The highest BCUT2D eigenvalue weighted by Gasteiger charge is 2.32. The van der Waals surface area contributed by atoms with Crippen molar-refractivity contribution in [1.82, 2.24) is 15.1 Å². The first-order valence-electron chi connectivity index (χ1n) is 5.56. The maximum Gasteiger partial charge on any atom is 0.0836 e. The maximum absolute atomic E-state index is 6.20. The van der Waals surface area contributed by atoms with E-state index in [0.717, 1.165) is 23.7 Å². The van der Waals surface area contributed by atoms with Gasteiger partial charge in [0.1, 0.15) is 0 Å². The summed E-state index contributed by atoms with van der Waals surface area (Å²) in [6.45, 7) is 3.29. The summed E-state index contributed by atoms with van der Waals surface area (Å²) in [5.74, 6) is 0. The molecule has 1 N–H and O–H groups in total. The van der Waals surface area contributed by atoms with E-state index in [1.54, 1.807) is 6.20 Å². The van der Waals surface area contributed by atoms with Crippen LogP contribution in [0.1, 0.15) is 38.3 Å². The van der Waals surface area contributed by atoms with Crippen molar-refractivity contribution >= 4 is 11.6 Å². The average molecular weight is 228 g/mol. The molecule has 1 fully saturated rings. The Kier molecular flexibility index (Phi) is 3.03. The van der Waals surface area contributed by atoms with E-state index in [9.17, 15) is 0 Å². The van der Waals surface area contributed by atoms with Crippen LogP contribution in [0, 0.1) is 0 Å². The van der Waals surface area contributed by atoms with Crippen molar-refractivity contribution in [2.45, 2.75) is 38.1 Å². The fraction of sp³-hybridized carbons (Fsp3) is 0.727. The molecular weight excluding hydrogens is 210 g/mol. The topological polar surface area (TPSA) is 29.9 Å². The van der Waals surface area contributed by atoms with Gasteiger partial charge in [-0.05, 0) is 26.3 Å². The molecule has 1 atom stereocenters. The van der Waals surface area contributed by atoms with Gasteiger partial charge in [0.25, 0.3) is 0 Å². The monoisotopic (exact) mass is 227 g/mol. The van der Waals surface area contributed by atoms with Gasteiger partial charge in [0.15, 0.2) is 0 Å². The lowest BCUT2D eigenvalue weighted by atomic mass is 9.92. The Balaban J connectivity index is 2.34. The van der Waals surface area contributed by atoms with Crippen LogP contribution in [0.4, 0.5) is 0 Å². The van der Waals surface area contributed by atoms with Crippen molar-refractivity contribution in [2.75, 3.05) is 6.54 Å². The van der Waals surface area contributed by atoms with E-state index in [-0.39, 0.29) is 5.54 Å². The van der Waals surface area contributed by atoms with Crippen LogP contribution in [0.2, 0.25) is 5.02 Å². The quantitative estimate of drug-likeness (QED) is 0.799. The fourth-order valence-corrected chi connectivity index (χ4v) is 2.84. The third kappa shape index (κ3) is 2.04. The molecule has 0 aromatic carbocycles. The summed E-state index contributed by atoms with van der Waals surface area (Å²) in [6.07, 6.45) is 6.68. The second kappa shape index (κ2) is 4.14. The smallest absolute Gasteiger partial charge is 0.0836 e. The predicted octanol–water partition coefficient (Wildman–Crippen LogP) is 2.45. The first-order valence-corrected chi connectivity index (χ1v) is 5.94. The summed E-state index contributed by atoms with van der Waals surface area (Å²) in [7, 11) is 1.96. The van der Waals surface area contributed by atoms with Crippen LogP contribution in [0.3, 0.4) is 0 Å². The van der Waals surface area contributed by atoms with Gasteiger partial charge < -0.3 is 5.32 Å². The minimum absolute atomic E-state index is 0.0150. The zero-order valence-corrected chi connectivity index (χ0v) is 10.1. The van der Waals surface area contributed by atoms with E-state index in [0.29, 0.717) is 0 Å². The standard InChI is InChI=1S/C11H18ClN3/c1-11(6-4-3-5-7-13-11)10-9(12)8-14-15(10)2/h8,13H,3-7H2,1-2H3. The second-order valence-electron chi connectivity index (χ2n) is 4.53. The van der Waals surface area contributed by atoms with E-state index in [4.69, 9.17) is 11.6 Å². The predicted molar refractivity (Wildman–Crippen MR) is 62.0 cm³/mol. The summed E-state index contributed by atoms with van der Waals surface area (Å²) in [5.41, 5.74) is 1.10. The highest BCUT2D eigenvalue weighted by atomic mass is 35.5. The van der Waals surface area contributed by atoms with Crippen LogP contribution < -0.4 is 5.32 Å². The number of aromatic nitrogens is 2. The SMILES string of the molecule is Cn1ncc(Cl)c1C1(C)CCCCCN1. The Morgan fingerprint density at radius 3 is 2.93 bits per heavy atom. The minimum atomic E-state index is -0.0150. The molecule has 0 spiro atoms.